The Bertz CT molecular complexity index is 543. The molecule has 1 heterocycles. The Morgan fingerprint density at radius 3 is 2.65 bits per heavy atom. The maximum Gasteiger partial charge on any atom is 0.0567 e. The van der Waals surface area contributed by atoms with E-state index in [2.05, 4.69) is 20.9 Å². The molecule has 2 rings (SSSR count). The minimum absolute atomic E-state index is 0.210. The standard InChI is InChI=1S/C13H12BrClN2/c1-8-2-3-9(5-12(8)15)13(16)10-4-11(14)7-17-6-10/h2-7,13H,16H2,1H3. The van der Waals surface area contributed by atoms with Crippen molar-refractivity contribution in [2.24, 2.45) is 5.73 Å². The number of halogens is 2. The highest BCUT2D eigenvalue weighted by Gasteiger charge is 2.10. The summed E-state index contributed by atoms with van der Waals surface area (Å²) in [6, 6.07) is 7.63. The molecular formula is C13H12BrClN2. The molecular weight excluding hydrogens is 300 g/mol. The second-order valence-corrected chi connectivity index (χ2v) is 5.25. The number of hydrogen-bond acceptors (Lipinski definition) is 2. The van der Waals surface area contributed by atoms with Crippen LogP contribution in [-0.4, -0.2) is 4.98 Å². The molecule has 17 heavy (non-hydrogen) atoms. The maximum atomic E-state index is 6.18. The van der Waals surface area contributed by atoms with Gasteiger partial charge >= 0.3 is 0 Å². The zero-order valence-corrected chi connectivity index (χ0v) is 11.7. The van der Waals surface area contributed by atoms with Crippen molar-refractivity contribution in [1.29, 1.82) is 0 Å². The molecule has 4 heteroatoms. The highest BCUT2D eigenvalue weighted by atomic mass is 79.9. The quantitative estimate of drug-likeness (QED) is 0.915. The lowest BCUT2D eigenvalue weighted by molar-refractivity contribution is 0.861. The molecule has 2 nitrogen and oxygen atoms in total. The van der Waals surface area contributed by atoms with Crippen molar-refractivity contribution in [3.8, 4) is 0 Å². The molecule has 0 fully saturated rings. The third-order valence-corrected chi connectivity index (χ3v) is 3.48. The molecule has 0 aliphatic carbocycles. The Balaban J connectivity index is 2.36. The Morgan fingerprint density at radius 1 is 1.24 bits per heavy atom. The van der Waals surface area contributed by atoms with Gasteiger partial charge < -0.3 is 5.73 Å². The van der Waals surface area contributed by atoms with E-state index in [1.165, 1.54) is 0 Å². The first kappa shape index (κ1) is 12.6. The van der Waals surface area contributed by atoms with E-state index in [1.807, 2.05) is 31.2 Å². The van der Waals surface area contributed by atoms with Crippen LogP contribution in [0.25, 0.3) is 0 Å². The normalized spacial score (nSPS) is 12.5. The zero-order valence-electron chi connectivity index (χ0n) is 9.32. The van der Waals surface area contributed by atoms with Crippen molar-refractivity contribution in [2.75, 3.05) is 0 Å². The van der Waals surface area contributed by atoms with E-state index in [9.17, 15) is 0 Å². The summed E-state index contributed by atoms with van der Waals surface area (Å²) in [6.45, 7) is 1.97. The van der Waals surface area contributed by atoms with Crippen molar-refractivity contribution in [3.63, 3.8) is 0 Å². The van der Waals surface area contributed by atoms with Crippen molar-refractivity contribution >= 4 is 27.5 Å². The first-order valence-corrected chi connectivity index (χ1v) is 6.37. The number of hydrogen-bond donors (Lipinski definition) is 1. The third-order valence-electron chi connectivity index (χ3n) is 2.64. The van der Waals surface area contributed by atoms with Crippen LogP contribution in [0, 0.1) is 6.92 Å². The van der Waals surface area contributed by atoms with Crippen molar-refractivity contribution in [2.45, 2.75) is 13.0 Å². The SMILES string of the molecule is Cc1ccc(C(N)c2cncc(Br)c2)cc1Cl. The molecule has 2 N–H and O–H groups in total. The summed E-state index contributed by atoms with van der Waals surface area (Å²) in [4.78, 5) is 4.11. The van der Waals surface area contributed by atoms with Crippen LogP contribution < -0.4 is 5.73 Å². The summed E-state index contributed by atoms with van der Waals surface area (Å²) in [7, 11) is 0. The van der Waals surface area contributed by atoms with E-state index in [0.717, 1.165) is 26.2 Å². The highest BCUT2D eigenvalue weighted by Crippen LogP contribution is 2.25. The van der Waals surface area contributed by atoms with Gasteiger partial charge in [-0.3, -0.25) is 4.98 Å². The number of nitrogens with two attached hydrogens (primary N) is 1. The molecule has 88 valence electrons. The second-order valence-electron chi connectivity index (χ2n) is 3.92. The van der Waals surface area contributed by atoms with Gasteiger partial charge in [0.05, 0.1) is 6.04 Å². The molecule has 1 aromatic heterocycles. The predicted molar refractivity (Wildman–Crippen MR) is 74.2 cm³/mol. The fraction of sp³-hybridized carbons (Fsp3) is 0.154. The number of aryl methyl sites for hydroxylation is 1. The van der Waals surface area contributed by atoms with Gasteiger partial charge in [0.25, 0.3) is 0 Å². The Labute approximate surface area is 114 Å². The van der Waals surface area contributed by atoms with E-state index in [0.29, 0.717) is 0 Å². The summed E-state index contributed by atoms with van der Waals surface area (Å²) in [5.74, 6) is 0. The number of pyridine rings is 1. The molecule has 0 aliphatic rings. The van der Waals surface area contributed by atoms with Crippen LogP contribution in [0.2, 0.25) is 5.02 Å². The lowest BCUT2D eigenvalue weighted by Crippen LogP contribution is -2.12. The topological polar surface area (TPSA) is 38.9 Å². The minimum Gasteiger partial charge on any atom is -0.320 e. The van der Waals surface area contributed by atoms with Crippen LogP contribution in [0.1, 0.15) is 22.7 Å². The molecule has 0 spiro atoms. The van der Waals surface area contributed by atoms with Crippen LogP contribution in [0.15, 0.2) is 41.1 Å². The average molecular weight is 312 g/mol. The smallest absolute Gasteiger partial charge is 0.0567 e. The van der Waals surface area contributed by atoms with E-state index in [-0.39, 0.29) is 6.04 Å². The van der Waals surface area contributed by atoms with Crippen LogP contribution in [0.5, 0.6) is 0 Å². The van der Waals surface area contributed by atoms with E-state index in [4.69, 9.17) is 17.3 Å². The first-order chi connectivity index (χ1) is 8.08. The Hall–Kier alpha value is -0.900. The molecule has 1 atom stereocenters. The second kappa shape index (κ2) is 5.17. The van der Waals surface area contributed by atoms with E-state index < -0.39 is 0 Å². The summed E-state index contributed by atoms with van der Waals surface area (Å²) in [6.07, 6.45) is 3.50. The number of rotatable bonds is 2. The largest absolute Gasteiger partial charge is 0.320 e. The maximum absolute atomic E-state index is 6.18. The lowest BCUT2D eigenvalue weighted by atomic mass is 10.0. The molecule has 2 aromatic rings. The summed E-state index contributed by atoms with van der Waals surface area (Å²) >= 11 is 9.48. The van der Waals surface area contributed by atoms with Crippen LogP contribution >= 0.6 is 27.5 Å². The molecule has 0 radical (unpaired) electrons. The van der Waals surface area contributed by atoms with Crippen molar-refractivity contribution < 1.29 is 0 Å². The molecule has 0 saturated carbocycles. The molecule has 0 bridgehead atoms. The monoisotopic (exact) mass is 310 g/mol. The van der Waals surface area contributed by atoms with Gasteiger partial charge in [0.15, 0.2) is 0 Å². The zero-order chi connectivity index (χ0) is 12.4. The van der Waals surface area contributed by atoms with Crippen molar-refractivity contribution in [1.82, 2.24) is 4.98 Å². The van der Waals surface area contributed by atoms with Gasteiger partial charge in [0.2, 0.25) is 0 Å². The van der Waals surface area contributed by atoms with Gasteiger partial charge in [0, 0.05) is 21.9 Å². The number of benzene rings is 1. The molecule has 1 unspecified atom stereocenters. The Kier molecular flexibility index (Phi) is 3.82. The Morgan fingerprint density at radius 2 is 2.00 bits per heavy atom. The van der Waals surface area contributed by atoms with Crippen LogP contribution in [-0.2, 0) is 0 Å². The lowest BCUT2D eigenvalue weighted by Gasteiger charge is -2.13. The number of nitrogens with zero attached hydrogens (tertiary/aromatic N) is 1. The summed E-state index contributed by atoms with van der Waals surface area (Å²) in [5, 5.41) is 0.737. The fourth-order valence-corrected chi connectivity index (χ4v) is 2.16. The van der Waals surface area contributed by atoms with Gasteiger partial charge in [-0.25, -0.2) is 0 Å². The number of aromatic nitrogens is 1. The van der Waals surface area contributed by atoms with Crippen LogP contribution in [0.4, 0.5) is 0 Å². The molecule has 1 aromatic carbocycles. The highest BCUT2D eigenvalue weighted by molar-refractivity contribution is 9.10. The van der Waals surface area contributed by atoms with Gasteiger partial charge in [-0.1, -0.05) is 23.7 Å². The molecule has 0 aliphatic heterocycles. The minimum atomic E-state index is -0.210. The molecule has 0 amide bonds. The van der Waals surface area contributed by atoms with E-state index in [1.54, 1.807) is 12.4 Å². The summed E-state index contributed by atoms with van der Waals surface area (Å²) < 4.78 is 0.920. The molecule has 0 saturated heterocycles. The van der Waals surface area contributed by atoms with Gasteiger partial charge in [-0.2, -0.15) is 0 Å². The predicted octanol–water partition coefficient (Wildman–Crippen LogP) is 3.85. The average Bonchev–Trinajstić information content (AvgIpc) is 2.32. The van der Waals surface area contributed by atoms with Gasteiger partial charge in [-0.15, -0.1) is 0 Å². The van der Waals surface area contributed by atoms with E-state index >= 15 is 0 Å². The van der Waals surface area contributed by atoms with Gasteiger partial charge in [-0.05, 0) is 51.7 Å². The third kappa shape index (κ3) is 2.86. The summed E-state index contributed by atoms with van der Waals surface area (Å²) in [5.41, 5.74) is 9.18. The van der Waals surface area contributed by atoms with Crippen LogP contribution in [0.3, 0.4) is 0 Å². The fourth-order valence-electron chi connectivity index (χ4n) is 1.59. The first-order valence-electron chi connectivity index (χ1n) is 5.20. The van der Waals surface area contributed by atoms with Gasteiger partial charge in [0.1, 0.15) is 0 Å². The van der Waals surface area contributed by atoms with Crippen molar-refractivity contribution in [3.05, 3.63) is 62.8 Å².